The largest absolute Gasteiger partial charge is 0.377 e. The summed E-state index contributed by atoms with van der Waals surface area (Å²) in [5, 5.41) is 3.69. The van der Waals surface area contributed by atoms with Crippen LogP contribution in [0.3, 0.4) is 0 Å². The molecule has 2 nitrogen and oxygen atoms in total. The molecule has 1 N–H and O–H groups in total. The predicted molar refractivity (Wildman–Crippen MR) is 58.4 cm³/mol. The Hall–Kier alpha value is -0.0800. The molecule has 0 amide bonds. The molecule has 1 aliphatic heterocycles. The van der Waals surface area contributed by atoms with Crippen molar-refractivity contribution in [3.05, 3.63) is 0 Å². The normalized spacial score (nSPS) is 34.7. The fourth-order valence-corrected chi connectivity index (χ4v) is 2.57. The van der Waals surface area contributed by atoms with Gasteiger partial charge in [0.2, 0.25) is 0 Å². The third-order valence-corrected chi connectivity index (χ3v) is 3.85. The summed E-state index contributed by atoms with van der Waals surface area (Å²) >= 11 is 0. The Kier molecular flexibility index (Phi) is 3.13. The first-order valence-corrected chi connectivity index (χ1v) is 6.11. The molecule has 1 aliphatic carbocycles. The number of ether oxygens (including phenoxy) is 1. The van der Waals surface area contributed by atoms with Gasteiger partial charge >= 0.3 is 0 Å². The van der Waals surface area contributed by atoms with Crippen molar-refractivity contribution in [3.63, 3.8) is 0 Å². The molecular weight excluding hydrogens is 174 g/mol. The van der Waals surface area contributed by atoms with Crippen LogP contribution < -0.4 is 5.32 Å². The molecule has 0 bridgehead atoms. The van der Waals surface area contributed by atoms with E-state index in [2.05, 4.69) is 19.2 Å². The van der Waals surface area contributed by atoms with Gasteiger partial charge in [-0.3, -0.25) is 0 Å². The van der Waals surface area contributed by atoms with Crippen molar-refractivity contribution in [2.75, 3.05) is 13.2 Å². The number of rotatable bonds is 5. The second-order valence-electron chi connectivity index (χ2n) is 5.10. The molecular formula is C12H23NO. The van der Waals surface area contributed by atoms with Gasteiger partial charge in [0.1, 0.15) is 0 Å². The lowest BCUT2D eigenvalue weighted by Crippen LogP contribution is -2.38. The highest BCUT2D eigenvalue weighted by Gasteiger charge is 2.41. The van der Waals surface area contributed by atoms with Crippen LogP contribution >= 0.6 is 0 Å². The number of hydrogen-bond acceptors (Lipinski definition) is 2. The van der Waals surface area contributed by atoms with Gasteiger partial charge in [-0.1, -0.05) is 13.3 Å². The molecule has 2 heteroatoms. The third kappa shape index (κ3) is 2.29. The van der Waals surface area contributed by atoms with Crippen LogP contribution in [0.4, 0.5) is 0 Å². The summed E-state index contributed by atoms with van der Waals surface area (Å²) in [6, 6.07) is 0.615. The highest BCUT2D eigenvalue weighted by atomic mass is 16.5. The Morgan fingerprint density at radius 2 is 2.21 bits per heavy atom. The molecule has 2 unspecified atom stereocenters. The van der Waals surface area contributed by atoms with E-state index in [-0.39, 0.29) is 0 Å². The van der Waals surface area contributed by atoms with Crippen LogP contribution in [0.1, 0.15) is 46.0 Å². The van der Waals surface area contributed by atoms with E-state index in [1.807, 2.05) is 0 Å². The highest BCUT2D eigenvalue weighted by molar-refractivity contribution is 4.95. The van der Waals surface area contributed by atoms with Crippen molar-refractivity contribution < 1.29 is 4.74 Å². The van der Waals surface area contributed by atoms with Crippen molar-refractivity contribution in [3.8, 4) is 0 Å². The maximum absolute atomic E-state index is 5.55. The van der Waals surface area contributed by atoms with E-state index in [0.717, 1.165) is 6.61 Å². The summed E-state index contributed by atoms with van der Waals surface area (Å²) in [6.07, 6.45) is 7.24. The van der Waals surface area contributed by atoms with Crippen LogP contribution in [0.25, 0.3) is 0 Å². The highest BCUT2D eigenvalue weighted by Crippen LogP contribution is 2.49. The SMILES string of the molecule is CCCC1(CNC2CCOC2C)CC1. The lowest BCUT2D eigenvalue weighted by atomic mass is 10.00. The summed E-state index contributed by atoms with van der Waals surface area (Å²) in [7, 11) is 0. The van der Waals surface area contributed by atoms with Crippen molar-refractivity contribution >= 4 is 0 Å². The molecule has 0 spiro atoms. The van der Waals surface area contributed by atoms with Gasteiger partial charge in [-0.25, -0.2) is 0 Å². The molecule has 1 saturated heterocycles. The van der Waals surface area contributed by atoms with Gasteiger partial charge in [-0.2, -0.15) is 0 Å². The molecule has 2 fully saturated rings. The van der Waals surface area contributed by atoms with E-state index in [0.29, 0.717) is 17.6 Å². The predicted octanol–water partition coefficient (Wildman–Crippen LogP) is 2.33. The first kappa shape index (κ1) is 10.4. The zero-order chi connectivity index (χ0) is 10.0. The molecule has 2 aliphatic rings. The van der Waals surface area contributed by atoms with E-state index in [1.165, 1.54) is 38.6 Å². The van der Waals surface area contributed by atoms with Crippen LogP contribution in [0.2, 0.25) is 0 Å². The lowest BCUT2D eigenvalue weighted by molar-refractivity contribution is 0.112. The lowest BCUT2D eigenvalue weighted by Gasteiger charge is -2.21. The molecule has 1 saturated carbocycles. The van der Waals surface area contributed by atoms with Crippen molar-refractivity contribution in [2.24, 2.45) is 5.41 Å². The van der Waals surface area contributed by atoms with Gasteiger partial charge in [-0.15, -0.1) is 0 Å². The second-order valence-corrected chi connectivity index (χ2v) is 5.10. The Morgan fingerprint density at radius 3 is 2.71 bits per heavy atom. The Labute approximate surface area is 87.4 Å². The zero-order valence-electron chi connectivity index (χ0n) is 9.51. The van der Waals surface area contributed by atoms with Gasteiger partial charge < -0.3 is 10.1 Å². The zero-order valence-corrected chi connectivity index (χ0v) is 9.51. The van der Waals surface area contributed by atoms with Crippen LogP contribution in [0.15, 0.2) is 0 Å². The molecule has 2 rings (SSSR count). The fraction of sp³-hybridized carbons (Fsp3) is 1.00. The minimum absolute atomic E-state index is 0.424. The maximum atomic E-state index is 5.55. The van der Waals surface area contributed by atoms with E-state index in [4.69, 9.17) is 4.74 Å². The molecule has 82 valence electrons. The van der Waals surface area contributed by atoms with Gasteiger partial charge in [-0.05, 0) is 38.0 Å². The summed E-state index contributed by atoms with van der Waals surface area (Å²) in [5.41, 5.74) is 0.678. The third-order valence-electron chi connectivity index (χ3n) is 3.85. The molecule has 0 aromatic heterocycles. The summed E-state index contributed by atoms with van der Waals surface area (Å²) in [6.45, 7) is 6.64. The number of hydrogen-bond donors (Lipinski definition) is 1. The van der Waals surface area contributed by atoms with E-state index < -0.39 is 0 Å². The van der Waals surface area contributed by atoms with Gasteiger partial charge in [0.25, 0.3) is 0 Å². The van der Waals surface area contributed by atoms with Crippen LogP contribution in [-0.4, -0.2) is 25.3 Å². The quantitative estimate of drug-likeness (QED) is 0.730. The van der Waals surface area contributed by atoms with Crippen LogP contribution in [0, 0.1) is 5.41 Å². The standard InChI is InChI=1S/C12H23NO/c1-3-5-12(6-7-12)9-13-11-4-8-14-10(11)2/h10-11,13H,3-9H2,1-2H3. The minimum atomic E-state index is 0.424. The Morgan fingerprint density at radius 1 is 1.43 bits per heavy atom. The first-order chi connectivity index (χ1) is 6.76. The van der Waals surface area contributed by atoms with Gasteiger partial charge in [0, 0.05) is 19.2 Å². The molecule has 0 aromatic carbocycles. The van der Waals surface area contributed by atoms with Crippen LogP contribution in [-0.2, 0) is 4.74 Å². The Balaban J connectivity index is 1.71. The van der Waals surface area contributed by atoms with Gasteiger partial charge in [0.15, 0.2) is 0 Å². The molecule has 0 aromatic rings. The monoisotopic (exact) mass is 197 g/mol. The number of nitrogens with one attached hydrogen (secondary N) is 1. The molecule has 0 radical (unpaired) electrons. The van der Waals surface area contributed by atoms with Crippen molar-refractivity contribution in [1.29, 1.82) is 0 Å². The average molecular weight is 197 g/mol. The summed E-state index contributed by atoms with van der Waals surface area (Å²) < 4.78 is 5.55. The van der Waals surface area contributed by atoms with E-state index in [1.54, 1.807) is 0 Å². The molecule has 2 atom stereocenters. The maximum Gasteiger partial charge on any atom is 0.0700 e. The fourth-order valence-electron chi connectivity index (χ4n) is 2.57. The smallest absolute Gasteiger partial charge is 0.0700 e. The Bertz CT molecular complexity index is 189. The van der Waals surface area contributed by atoms with Crippen LogP contribution in [0.5, 0.6) is 0 Å². The first-order valence-electron chi connectivity index (χ1n) is 6.11. The summed E-state index contributed by atoms with van der Waals surface area (Å²) in [4.78, 5) is 0. The second kappa shape index (κ2) is 4.19. The topological polar surface area (TPSA) is 21.3 Å². The van der Waals surface area contributed by atoms with Crippen molar-refractivity contribution in [1.82, 2.24) is 5.32 Å². The van der Waals surface area contributed by atoms with Gasteiger partial charge in [0.05, 0.1) is 6.10 Å². The molecule has 1 heterocycles. The summed E-state index contributed by atoms with van der Waals surface area (Å²) in [5.74, 6) is 0. The average Bonchev–Trinajstić information content (AvgIpc) is 2.81. The molecule has 14 heavy (non-hydrogen) atoms. The van der Waals surface area contributed by atoms with E-state index in [9.17, 15) is 0 Å². The van der Waals surface area contributed by atoms with Crippen molar-refractivity contribution in [2.45, 2.75) is 58.1 Å². The minimum Gasteiger partial charge on any atom is -0.377 e. The van der Waals surface area contributed by atoms with E-state index >= 15 is 0 Å².